The molecule has 0 aliphatic rings. The highest BCUT2D eigenvalue weighted by atomic mass is 16.4. The Bertz CT molecular complexity index is 306. The highest BCUT2D eigenvalue weighted by molar-refractivity contribution is 5.79. The van der Waals surface area contributed by atoms with Crippen molar-refractivity contribution in [3.05, 3.63) is 24.0 Å². The number of aliphatic hydroxyl groups excluding tert-OH is 1. The van der Waals surface area contributed by atoms with Gasteiger partial charge in [-0.3, -0.25) is 0 Å². The van der Waals surface area contributed by atoms with Crippen molar-refractivity contribution in [1.29, 1.82) is 0 Å². The van der Waals surface area contributed by atoms with Crippen molar-refractivity contribution in [2.24, 2.45) is 0 Å². The number of allylic oxidation sites excluding steroid dienone is 3. The summed E-state index contributed by atoms with van der Waals surface area (Å²) in [5.74, 6) is -0.304. The van der Waals surface area contributed by atoms with Gasteiger partial charge in [-0.1, -0.05) is 51.5 Å². The van der Waals surface area contributed by atoms with Gasteiger partial charge in [0, 0.05) is 12.5 Å². The lowest BCUT2D eigenvalue weighted by Gasteiger charge is -2.01. The lowest BCUT2D eigenvalue weighted by atomic mass is 10.1. The van der Waals surface area contributed by atoms with E-state index in [1.807, 2.05) is 6.08 Å². The maximum Gasteiger partial charge on any atom is 0.327 e. The number of hydrogen-bond donors (Lipinski definition) is 2. The van der Waals surface area contributed by atoms with Gasteiger partial charge in [0.2, 0.25) is 0 Å². The molecule has 0 heterocycles. The molecule has 0 aliphatic carbocycles. The summed E-state index contributed by atoms with van der Waals surface area (Å²) < 4.78 is 0. The number of carboxylic acid groups (broad SMARTS) is 1. The summed E-state index contributed by atoms with van der Waals surface area (Å²) in [5.41, 5.74) is 0. The van der Waals surface area contributed by atoms with E-state index in [0.717, 1.165) is 44.9 Å². The molecule has 0 fully saturated rings. The first-order chi connectivity index (χ1) is 10.2. The smallest absolute Gasteiger partial charge is 0.327 e. The normalized spacial score (nSPS) is 12.1. The summed E-state index contributed by atoms with van der Waals surface area (Å²) >= 11 is 0. The lowest BCUT2D eigenvalue weighted by Crippen LogP contribution is -1.86. The number of unbranched alkanes of at least 4 members (excludes halogenated alkanes) is 9. The Morgan fingerprint density at radius 3 is 2.14 bits per heavy atom. The molecule has 0 aromatic carbocycles. The first-order valence-electron chi connectivity index (χ1n) is 8.44. The molecule has 3 heteroatoms. The highest BCUT2D eigenvalue weighted by Gasteiger charge is 1.95. The molecule has 0 amide bonds. The minimum absolute atomic E-state index is 0.560. The fourth-order valence-corrected chi connectivity index (χ4v) is 2.22. The summed E-state index contributed by atoms with van der Waals surface area (Å²) in [6.45, 7) is 2.19. The van der Waals surface area contributed by atoms with Crippen LogP contribution in [-0.2, 0) is 4.79 Å². The van der Waals surface area contributed by atoms with E-state index in [1.165, 1.54) is 38.2 Å². The van der Waals surface area contributed by atoms with Crippen LogP contribution >= 0.6 is 0 Å². The zero-order valence-electron chi connectivity index (χ0n) is 13.5. The number of aliphatic hydroxyl groups is 1. The molecular weight excluding hydrogens is 264 g/mol. The molecule has 0 unspecified atom stereocenters. The van der Waals surface area contributed by atoms with Gasteiger partial charge in [-0.15, -0.1) is 0 Å². The molecule has 0 rings (SSSR count). The van der Waals surface area contributed by atoms with Crippen LogP contribution in [0.25, 0.3) is 0 Å². The van der Waals surface area contributed by atoms with Gasteiger partial charge in [-0.05, 0) is 38.2 Å². The van der Waals surface area contributed by atoms with Crippen molar-refractivity contribution >= 4 is 5.97 Å². The largest absolute Gasteiger partial charge is 0.513 e. The van der Waals surface area contributed by atoms with E-state index >= 15 is 0 Å². The van der Waals surface area contributed by atoms with E-state index in [1.54, 1.807) is 6.08 Å². The average Bonchev–Trinajstić information content (AvgIpc) is 2.45. The van der Waals surface area contributed by atoms with Crippen molar-refractivity contribution in [2.45, 2.75) is 84.0 Å². The van der Waals surface area contributed by atoms with Crippen LogP contribution in [0.3, 0.4) is 0 Å². The van der Waals surface area contributed by atoms with Gasteiger partial charge >= 0.3 is 5.97 Å². The van der Waals surface area contributed by atoms with Crippen molar-refractivity contribution in [1.82, 2.24) is 0 Å². The number of rotatable bonds is 14. The van der Waals surface area contributed by atoms with E-state index in [0.29, 0.717) is 5.76 Å². The predicted octanol–water partition coefficient (Wildman–Crippen LogP) is 5.77. The molecule has 0 aromatic rings. The third-order valence-corrected chi connectivity index (χ3v) is 3.50. The van der Waals surface area contributed by atoms with Crippen LogP contribution in [0.4, 0.5) is 0 Å². The van der Waals surface area contributed by atoms with E-state index < -0.39 is 5.97 Å². The van der Waals surface area contributed by atoms with Gasteiger partial charge in [0.1, 0.15) is 0 Å². The molecule has 3 nitrogen and oxygen atoms in total. The lowest BCUT2D eigenvalue weighted by molar-refractivity contribution is -0.131. The Kier molecular flexibility index (Phi) is 14.2. The van der Waals surface area contributed by atoms with Crippen molar-refractivity contribution in [2.75, 3.05) is 0 Å². The Morgan fingerprint density at radius 2 is 1.48 bits per heavy atom. The van der Waals surface area contributed by atoms with Gasteiger partial charge in [-0.25, -0.2) is 4.79 Å². The van der Waals surface area contributed by atoms with Crippen LogP contribution in [0.5, 0.6) is 0 Å². The van der Waals surface area contributed by atoms with Crippen LogP contribution in [0, 0.1) is 0 Å². The monoisotopic (exact) mass is 296 g/mol. The predicted molar refractivity (Wildman–Crippen MR) is 88.6 cm³/mol. The SMILES string of the molecule is CCCCCCC(O)=CCCCCCCCC=CC(=O)O. The van der Waals surface area contributed by atoms with Gasteiger partial charge in [-0.2, -0.15) is 0 Å². The molecule has 0 radical (unpaired) electrons. The number of carbonyl (C=O) groups is 1. The van der Waals surface area contributed by atoms with Gasteiger partial charge < -0.3 is 10.2 Å². The quantitative estimate of drug-likeness (QED) is 0.243. The van der Waals surface area contributed by atoms with E-state index in [-0.39, 0.29) is 0 Å². The zero-order valence-corrected chi connectivity index (χ0v) is 13.5. The average molecular weight is 296 g/mol. The molecule has 122 valence electrons. The number of hydrogen-bond acceptors (Lipinski definition) is 2. The van der Waals surface area contributed by atoms with E-state index in [4.69, 9.17) is 5.11 Å². The zero-order chi connectivity index (χ0) is 15.8. The highest BCUT2D eigenvalue weighted by Crippen LogP contribution is 2.11. The van der Waals surface area contributed by atoms with Crippen LogP contribution in [0.1, 0.15) is 84.0 Å². The van der Waals surface area contributed by atoms with E-state index in [2.05, 4.69) is 6.92 Å². The first-order valence-corrected chi connectivity index (χ1v) is 8.44. The van der Waals surface area contributed by atoms with Crippen LogP contribution in [0.15, 0.2) is 24.0 Å². The second kappa shape index (κ2) is 15.1. The Morgan fingerprint density at radius 1 is 0.857 bits per heavy atom. The molecule has 0 saturated heterocycles. The number of carboxylic acids is 1. The maximum atomic E-state index is 10.2. The van der Waals surface area contributed by atoms with Gasteiger partial charge in [0.05, 0.1) is 5.76 Å². The van der Waals surface area contributed by atoms with Crippen LogP contribution in [0.2, 0.25) is 0 Å². The Labute approximate surface area is 129 Å². The standard InChI is InChI=1S/C18H32O3/c1-2-3-4-11-14-17(19)15-12-9-7-5-6-8-10-13-16-18(20)21/h13,15-16,19H,2-12,14H2,1H3,(H,20,21). The topological polar surface area (TPSA) is 57.5 Å². The fraction of sp³-hybridized carbons (Fsp3) is 0.722. The second-order valence-electron chi connectivity index (χ2n) is 5.59. The molecular formula is C18H32O3. The molecule has 2 N–H and O–H groups in total. The van der Waals surface area contributed by atoms with Crippen LogP contribution in [-0.4, -0.2) is 16.2 Å². The molecule has 0 bridgehead atoms. The number of aliphatic carboxylic acids is 1. The van der Waals surface area contributed by atoms with Crippen molar-refractivity contribution in [3.8, 4) is 0 Å². The molecule has 0 spiro atoms. The second-order valence-corrected chi connectivity index (χ2v) is 5.59. The van der Waals surface area contributed by atoms with Gasteiger partial charge in [0.25, 0.3) is 0 Å². The minimum Gasteiger partial charge on any atom is -0.513 e. The summed E-state index contributed by atoms with van der Waals surface area (Å²) in [4.78, 5) is 10.2. The summed E-state index contributed by atoms with van der Waals surface area (Å²) in [7, 11) is 0. The van der Waals surface area contributed by atoms with Crippen molar-refractivity contribution < 1.29 is 15.0 Å². The molecule has 0 saturated carbocycles. The fourth-order valence-electron chi connectivity index (χ4n) is 2.22. The third-order valence-electron chi connectivity index (χ3n) is 3.50. The Hall–Kier alpha value is -1.25. The summed E-state index contributed by atoms with van der Waals surface area (Å²) in [5, 5.41) is 18.1. The molecule has 0 atom stereocenters. The maximum absolute atomic E-state index is 10.2. The van der Waals surface area contributed by atoms with Gasteiger partial charge in [0.15, 0.2) is 0 Å². The van der Waals surface area contributed by atoms with E-state index in [9.17, 15) is 9.90 Å². The molecule has 0 aromatic heterocycles. The third kappa shape index (κ3) is 16.7. The first kappa shape index (κ1) is 19.8. The molecule has 0 aliphatic heterocycles. The van der Waals surface area contributed by atoms with Crippen LogP contribution < -0.4 is 0 Å². The summed E-state index contributed by atoms with van der Waals surface area (Å²) in [6.07, 6.45) is 18.1. The van der Waals surface area contributed by atoms with Crippen molar-refractivity contribution in [3.63, 3.8) is 0 Å². The minimum atomic E-state index is -0.865. The molecule has 21 heavy (non-hydrogen) atoms. The summed E-state index contributed by atoms with van der Waals surface area (Å²) in [6, 6.07) is 0. The Balaban J connectivity index is 3.32.